The Balaban J connectivity index is 1.65. The second-order valence-corrected chi connectivity index (χ2v) is 7.75. The van der Waals surface area contributed by atoms with E-state index < -0.39 is 0 Å². The number of thiocarbonyl (C=S) groups is 1. The highest BCUT2D eigenvalue weighted by atomic mass is 32.1. The normalized spacial score (nSPS) is 15.0. The third-order valence-corrected chi connectivity index (χ3v) is 5.34. The second kappa shape index (κ2) is 9.19. The summed E-state index contributed by atoms with van der Waals surface area (Å²) in [6.45, 7) is 9.56. The van der Waals surface area contributed by atoms with Gasteiger partial charge in [-0.1, -0.05) is 6.07 Å². The third kappa shape index (κ3) is 5.58. The molecular formula is C21H30N3OS+. The van der Waals surface area contributed by atoms with E-state index in [1.807, 2.05) is 12.1 Å². The molecule has 0 saturated carbocycles. The molecule has 26 heavy (non-hydrogen) atoms. The van der Waals surface area contributed by atoms with Crippen molar-refractivity contribution in [2.24, 2.45) is 0 Å². The standard InChI is InChI=1S/C21H29N3OS/c1-17-13-18(2)15-19(14-17)22-21(26)24(16-20-7-6-12-25-20)11-10-23-8-4-3-5-9-23/h6-7,12-15H,3-5,8-11,16H2,1-2H3,(H,22,26)/p+1. The SMILES string of the molecule is Cc1cc(C)cc(NC(=S)N(CC[NH+]2CCCCC2)Cc2ccco2)c1. The van der Waals surface area contributed by atoms with Crippen molar-refractivity contribution in [3.63, 3.8) is 0 Å². The van der Waals surface area contributed by atoms with Crippen molar-refractivity contribution in [2.75, 3.05) is 31.5 Å². The number of hydrogen-bond donors (Lipinski definition) is 2. The summed E-state index contributed by atoms with van der Waals surface area (Å²) >= 11 is 5.75. The maximum Gasteiger partial charge on any atom is 0.174 e. The maximum absolute atomic E-state index is 5.75. The van der Waals surface area contributed by atoms with Gasteiger partial charge in [0.05, 0.1) is 39.0 Å². The Kier molecular flexibility index (Phi) is 6.69. The molecule has 2 aromatic rings. The Morgan fingerprint density at radius 1 is 1.15 bits per heavy atom. The van der Waals surface area contributed by atoms with E-state index in [0.717, 1.165) is 29.6 Å². The van der Waals surface area contributed by atoms with Gasteiger partial charge in [-0.15, -0.1) is 0 Å². The highest BCUT2D eigenvalue weighted by Crippen LogP contribution is 2.15. The number of piperidine rings is 1. The van der Waals surface area contributed by atoms with Crippen molar-refractivity contribution >= 4 is 23.0 Å². The summed E-state index contributed by atoms with van der Waals surface area (Å²) in [5.41, 5.74) is 3.54. The molecule has 1 saturated heterocycles. The number of likely N-dealkylation sites (tertiary alicyclic amines) is 1. The molecule has 0 spiro atoms. The number of rotatable bonds is 6. The van der Waals surface area contributed by atoms with E-state index in [-0.39, 0.29) is 0 Å². The topological polar surface area (TPSA) is 32.9 Å². The summed E-state index contributed by atoms with van der Waals surface area (Å²) in [6.07, 6.45) is 5.80. The Hall–Kier alpha value is -1.85. The molecule has 5 heteroatoms. The molecule has 0 unspecified atom stereocenters. The largest absolute Gasteiger partial charge is 0.467 e. The molecule has 1 fully saturated rings. The van der Waals surface area contributed by atoms with E-state index >= 15 is 0 Å². The van der Waals surface area contributed by atoms with Crippen LogP contribution in [0.1, 0.15) is 36.1 Å². The first-order chi connectivity index (χ1) is 12.6. The highest BCUT2D eigenvalue weighted by Gasteiger charge is 2.18. The van der Waals surface area contributed by atoms with E-state index in [0.29, 0.717) is 6.54 Å². The molecule has 3 rings (SSSR count). The fourth-order valence-corrected chi connectivity index (χ4v) is 3.96. The molecule has 4 nitrogen and oxygen atoms in total. The van der Waals surface area contributed by atoms with Gasteiger partial charge in [-0.3, -0.25) is 0 Å². The number of nitrogens with one attached hydrogen (secondary N) is 2. The van der Waals surface area contributed by atoms with Crippen LogP contribution in [0.3, 0.4) is 0 Å². The minimum atomic E-state index is 0.705. The molecule has 0 bridgehead atoms. The van der Waals surface area contributed by atoms with Crippen LogP contribution in [0.5, 0.6) is 0 Å². The van der Waals surface area contributed by atoms with Gasteiger partial charge in [0.25, 0.3) is 0 Å². The molecule has 140 valence electrons. The smallest absolute Gasteiger partial charge is 0.174 e. The van der Waals surface area contributed by atoms with E-state index in [4.69, 9.17) is 16.6 Å². The molecule has 1 aromatic heterocycles. The Bertz CT molecular complexity index is 688. The first kappa shape index (κ1) is 18.9. The van der Waals surface area contributed by atoms with Crippen LogP contribution in [0.2, 0.25) is 0 Å². The van der Waals surface area contributed by atoms with Gasteiger partial charge in [-0.2, -0.15) is 0 Å². The zero-order valence-corrected chi connectivity index (χ0v) is 16.7. The van der Waals surface area contributed by atoms with Crippen molar-refractivity contribution in [3.8, 4) is 0 Å². The first-order valence-electron chi connectivity index (χ1n) is 9.60. The van der Waals surface area contributed by atoms with Crippen LogP contribution in [0, 0.1) is 13.8 Å². The number of hydrogen-bond acceptors (Lipinski definition) is 2. The van der Waals surface area contributed by atoms with Crippen molar-refractivity contribution in [1.29, 1.82) is 0 Å². The van der Waals surface area contributed by atoms with Gasteiger partial charge >= 0.3 is 0 Å². The van der Waals surface area contributed by atoms with Crippen LogP contribution in [-0.4, -0.2) is 36.2 Å². The molecule has 0 aliphatic carbocycles. The predicted molar refractivity (Wildman–Crippen MR) is 111 cm³/mol. The summed E-state index contributed by atoms with van der Waals surface area (Å²) in [6, 6.07) is 10.4. The van der Waals surface area contributed by atoms with Gasteiger partial charge in [-0.25, -0.2) is 0 Å². The summed E-state index contributed by atoms with van der Waals surface area (Å²) in [5, 5.41) is 4.20. The van der Waals surface area contributed by atoms with Crippen molar-refractivity contribution in [3.05, 3.63) is 53.5 Å². The van der Waals surface area contributed by atoms with Crippen LogP contribution in [0.4, 0.5) is 5.69 Å². The van der Waals surface area contributed by atoms with Crippen molar-refractivity contribution in [2.45, 2.75) is 39.7 Å². The lowest BCUT2D eigenvalue weighted by Gasteiger charge is -2.29. The van der Waals surface area contributed by atoms with E-state index in [1.165, 1.54) is 43.5 Å². The predicted octanol–water partition coefficient (Wildman–Crippen LogP) is 3.16. The van der Waals surface area contributed by atoms with Crippen LogP contribution < -0.4 is 10.2 Å². The van der Waals surface area contributed by atoms with Gasteiger partial charge in [0.15, 0.2) is 5.11 Å². The number of benzene rings is 1. The lowest BCUT2D eigenvalue weighted by molar-refractivity contribution is -0.904. The second-order valence-electron chi connectivity index (χ2n) is 7.37. The Morgan fingerprint density at radius 3 is 2.54 bits per heavy atom. The van der Waals surface area contributed by atoms with Crippen LogP contribution in [-0.2, 0) is 6.54 Å². The maximum atomic E-state index is 5.75. The molecule has 0 radical (unpaired) electrons. The van der Waals surface area contributed by atoms with Gasteiger partial charge in [-0.05, 0) is 80.7 Å². The number of aryl methyl sites for hydroxylation is 2. The quantitative estimate of drug-likeness (QED) is 0.763. The van der Waals surface area contributed by atoms with Gasteiger partial charge in [0, 0.05) is 5.69 Å². The molecule has 2 N–H and O–H groups in total. The average molecular weight is 373 g/mol. The first-order valence-corrected chi connectivity index (χ1v) is 10.0. The molecule has 0 atom stereocenters. The molecule has 0 amide bonds. The number of furan rings is 1. The summed E-state index contributed by atoms with van der Waals surface area (Å²) in [7, 11) is 0. The van der Waals surface area contributed by atoms with Gasteiger partial charge in [0.2, 0.25) is 0 Å². The van der Waals surface area contributed by atoms with Crippen molar-refractivity contribution in [1.82, 2.24) is 4.90 Å². The molecule has 2 heterocycles. The number of quaternary nitrogens is 1. The Morgan fingerprint density at radius 2 is 1.88 bits per heavy atom. The van der Waals surface area contributed by atoms with Crippen LogP contribution in [0.25, 0.3) is 0 Å². The van der Waals surface area contributed by atoms with Gasteiger partial charge < -0.3 is 19.5 Å². The third-order valence-electron chi connectivity index (χ3n) is 4.98. The van der Waals surface area contributed by atoms with E-state index in [9.17, 15) is 0 Å². The molecule has 1 aromatic carbocycles. The van der Waals surface area contributed by atoms with Gasteiger partial charge in [0.1, 0.15) is 5.76 Å². The van der Waals surface area contributed by atoms with Crippen molar-refractivity contribution < 1.29 is 9.32 Å². The minimum Gasteiger partial charge on any atom is -0.467 e. The van der Waals surface area contributed by atoms with E-state index in [2.05, 4.69) is 42.3 Å². The summed E-state index contributed by atoms with van der Waals surface area (Å²) in [4.78, 5) is 3.92. The van der Waals surface area contributed by atoms with Crippen LogP contribution >= 0.6 is 12.2 Å². The lowest BCUT2D eigenvalue weighted by atomic mass is 10.1. The fourth-order valence-electron chi connectivity index (χ4n) is 3.69. The monoisotopic (exact) mass is 372 g/mol. The number of nitrogens with zero attached hydrogens (tertiary/aromatic N) is 1. The minimum absolute atomic E-state index is 0.705. The fraction of sp³-hybridized carbons (Fsp3) is 0.476. The number of anilines is 1. The highest BCUT2D eigenvalue weighted by molar-refractivity contribution is 7.80. The molecule has 1 aliphatic rings. The van der Waals surface area contributed by atoms with Crippen LogP contribution in [0.15, 0.2) is 41.0 Å². The zero-order chi connectivity index (χ0) is 18.4. The zero-order valence-electron chi connectivity index (χ0n) is 15.9. The average Bonchev–Trinajstić information content (AvgIpc) is 3.11. The molecule has 1 aliphatic heterocycles. The summed E-state index contributed by atoms with van der Waals surface area (Å²) in [5.74, 6) is 0.947. The lowest BCUT2D eigenvalue weighted by Crippen LogP contribution is -3.13. The molecular weight excluding hydrogens is 342 g/mol. The van der Waals surface area contributed by atoms with E-state index in [1.54, 1.807) is 11.2 Å². The summed E-state index contributed by atoms with van der Waals surface area (Å²) < 4.78 is 5.56. The Labute approximate surface area is 162 Å².